The fourth-order valence-corrected chi connectivity index (χ4v) is 4.27. The minimum absolute atomic E-state index is 0.207. The number of hydrogen-bond acceptors (Lipinski definition) is 6. The summed E-state index contributed by atoms with van der Waals surface area (Å²) in [7, 11) is 0. The molecule has 0 amide bonds. The molecule has 8 heteroatoms. The predicted octanol–water partition coefficient (Wildman–Crippen LogP) is 5.13. The van der Waals surface area contributed by atoms with Crippen molar-refractivity contribution in [3.8, 4) is 27.6 Å². The number of aromatic carboxylic acids is 1. The summed E-state index contributed by atoms with van der Waals surface area (Å²) in [6, 6.07) is 5.37. The molecule has 0 radical (unpaired) electrons. The smallest absolute Gasteiger partial charge is 0.347 e. The van der Waals surface area contributed by atoms with Crippen LogP contribution in [0.5, 0.6) is 5.75 Å². The Morgan fingerprint density at radius 1 is 1.36 bits per heavy atom. The van der Waals surface area contributed by atoms with E-state index >= 15 is 0 Å². The first-order valence-electron chi connectivity index (χ1n) is 9.07. The minimum atomic E-state index is -0.997. The van der Waals surface area contributed by atoms with E-state index in [1.807, 2.05) is 6.07 Å². The van der Waals surface area contributed by atoms with Gasteiger partial charge in [0.15, 0.2) is 12.2 Å². The molecule has 1 aliphatic rings. The second kappa shape index (κ2) is 7.71. The third kappa shape index (κ3) is 3.64. The van der Waals surface area contributed by atoms with Crippen LogP contribution in [-0.4, -0.2) is 33.3 Å². The molecule has 0 aliphatic heterocycles. The van der Waals surface area contributed by atoms with Gasteiger partial charge >= 0.3 is 5.97 Å². The van der Waals surface area contributed by atoms with Crippen molar-refractivity contribution in [1.82, 2.24) is 9.97 Å². The number of oxazole rings is 1. The molecule has 2 atom stereocenters. The molecule has 146 valence electrons. The fraction of sp³-hybridized carbons (Fsp3) is 0.350. The van der Waals surface area contributed by atoms with E-state index in [1.54, 1.807) is 25.3 Å². The van der Waals surface area contributed by atoms with Crippen LogP contribution in [-0.2, 0) is 0 Å². The number of ether oxygens (including phenoxy) is 1. The van der Waals surface area contributed by atoms with Gasteiger partial charge in [0.05, 0.1) is 17.5 Å². The third-order valence-corrected chi connectivity index (χ3v) is 6.01. The highest BCUT2D eigenvalue weighted by atomic mass is 32.1. The molecule has 1 aliphatic carbocycles. The zero-order valence-corrected chi connectivity index (χ0v) is 16.0. The van der Waals surface area contributed by atoms with E-state index in [0.29, 0.717) is 40.6 Å². The van der Waals surface area contributed by atoms with Crippen LogP contribution in [0.1, 0.15) is 41.0 Å². The number of aromatic nitrogens is 2. The summed E-state index contributed by atoms with van der Waals surface area (Å²) in [6.45, 7) is 1.67. The number of rotatable bonds is 5. The van der Waals surface area contributed by atoms with Gasteiger partial charge in [-0.25, -0.2) is 19.2 Å². The normalized spacial score (nSPS) is 19.5. The molecule has 0 spiro atoms. The van der Waals surface area contributed by atoms with Gasteiger partial charge in [-0.2, -0.15) is 0 Å². The maximum Gasteiger partial charge on any atom is 0.347 e. The van der Waals surface area contributed by atoms with Crippen LogP contribution in [0.15, 0.2) is 35.2 Å². The SMILES string of the molecule is Cc1nc(-c2ccc(O[C@@H]3CCCC[C@H]3F)c(-c3cnco3)c2)sc1C(=O)O. The number of thiazole rings is 1. The Morgan fingerprint density at radius 3 is 2.86 bits per heavy atom. The van der Waals surface area contributed by atoms with Crippen LogP contribution in [0.2, 0.25) is 0 Å². The number of nitrogens with zero attached hydrogens (tertiary/aromatic N) is 2. The van der Waals surface area contributed by atoms with Crippen molar-refractivity contribution in [3.05, 3.63) is 41.4 Å². The first-order valence-corrected chi connectivity index (χ1v) is 9.89. The van der Waals surface area contributed by atoms with Crippen molar-refractivity contribution >= 4 is 17.3 Å². The van der Waals surface area contributed by atoms with E-state index in [2.05, 4.69) is 9.97 Å². The molecule has 2 aromatic heterocycles. The minimum Gasteiger partial charge on any atom is -0.487 e. The number of hydrogen-bond donors (Lipinski definition) is 1. The number of alkyl halides is 1. The molecule has 4 rings (SSSR count). The first kappa shape index (κ1) is 18.6. The van der Waals surface area contributed by atoms with Crippen molar-refractivity contribution in [2.24, 2.45) is 0 Å². The van der Waals surface area contributed by atoms with E-state index in [-0.39, 0.29) is 4.88 Å². The average molecular weight is 402 g/mol. The van der Waals surface area contributed by atoms with Gasteiger partial charge in [-0.15, -0.1) is 11.3 Å². The second-order valence-electron chi connectivity index (χ2n) is 6.77. The van der Waals surface area contributed by atoms with Gasteiger partial charge in [0.2, 0.25) is 0 Å². The van der Waals surface area contributed by atoms with Gasteiger partial charge < -0.3 is 14.3 Å². The van der Waals surface area contributed by atoms with Crippen LogP contribution in [0.4, 0.5) is 4.39 Å². The summed E-state index contributed by atoms with van der Waals surface area (Å²) < 4.78 is 25.7. The lowest BCUT2D eigenvalue weighted by Crippen LogP contribution is -2.31. The summed E-state index contributed by atoms with van der Waals surface area (Å²) in [5.41, 5.74) is 1.84. The number of benzene rings is 1. The molecule has 6 nitrogen and oxygen atoms in total. The third-order valence-electron chi connectivity index (χ3n) is 4.82. The Bertz CT molecular complexity index is 986. The molecule has 1 aromatic carbocycles. The van der Waals surface area contributed by atoms with Crippen LogP contribution in [0, 0.1) is 6.92 Å². The summed E-state index contributed by atoms with van der Waals surface area (Å²) in [5.74, 6) is 0.0135. The molecule has 0 unspecified atom stereocenters. The standard InChI is InChI=1S/C20H19FN2O4S/c1-11-18(20(24)25)28-19(23-11)12-6-7-15(13(8-12)17-9-22-10-26-17)27-16-5-3-2-4-14(16)21/h6-10,14,16H,2-5H2,1H3,(H,24,25)/t14-,16-/m1/s1. The number of carboxylic acid groups (broad SMARTS) is 1. The molecule has 0 bridgehead atoms. The van der Waals surface area contributed by atoms with Crippen LogP contribution >= 0.6 is 11.3 Å². The Kier molecular flexibility index (Phi) is 5.13. The van der Waals surface area contributed by atoms with Gasteiger partial charge in [-0.3, -0.25) is 0 Å². The molecule has 3 aromatic rings. The Hall–Kier alpha value is -2.74. The zero-order chi connectivity index (χ0) is 19.7. The van der Waals surface area contributed by atoms with E-state index < -0.39 is 18.2 Å². The molecule has 1 fully saturated rings. The summed E-state index contributed by atoms with van der Waals surface area (Å²) in [4.78, 5) is 19.9. The second-order valence-corrected chi connectivity index (χ2v) is 7.77. The Labute approximate surface area is 165 Å². The molecule has 0 saturated heterocycles. The predicted molar refractivity (Wildman–Crippen MR) is 103 cm³/mol. The maximum atomic E-state index is 14.3. The summed E-state index contributed by atoms with van der Waals surface area (Å²) in [6.07, 6.45) is 4.42. The molecule has 28 heavy (non-hydrogen) atoms. The lowest BCUT2D eigenvalue weighted by Gasteiger charge is -2.27. The van der Waals surface area contributed by atoms with E-state index in [9.17, 15) is 14.3 Å². The van der Waals surface area contributed by atoms with E-state index in [4.69, 9.17) is 9.15 Å². The number of carboxylic acids is 1. The fourth-order valence-electron chi connectivity index (χ4n) is 3.37. The molecular formula is C20H19FN2O4S. The topological polar surface area (TPSA) is 85.5 Å². The van der Waals surface area contributed by atoms with Crippen molar-refractivity contribution in [2.75, 3.05) is 0 Å². The van der Waals surface area contributed by atoms with Gasteiger partial charge in [0, 0.05) is 5.56 Å². The lowest BCUT2D eigenvalue weighted by molar-refractivity contribution is 0.0641. The van der Waals surface area contributed by atoms with Gasteiger partial charge in [-0.05, 0) is 44.4 Å². The number of aryl methyl sites for hydroxylation is 1. The van der Waals surface area contributed by atoms with Crippen LogP contribution in [0.3, 0.4) is 0 Å². The Balaban J connectivity index is 1.72. The molecular weight excluding hydrogens is 383 g/mol. The largest absolute Gasteiger partial charge is 0.487 e. The van der Waals surface area contributed by atoms with Crippen molar-refractivity contribution in [2.45, 2.75) is 44.9 Å². The van der Waals surface area contributed by atoms with Crippen LogP contribution < -0.4 is 4.74 Å². The van der Waals surface area contributed by atoms with Gasteiger partial charge in [-0.1, -0.05) is 6.42 Å². The Morgan fingerprint density at radius 2 is 2.18 bits per heavy atom. The van der Waals surface area contributed by atoms with Crippen molar-refractivity contribution in [3.63, 3.8) is 0 Å². The summed E-state index contributed by atoms with van der Waals surface area (Å²) in [5, 5.41) is 9.86. The van der Waals surface area contributed by atoms with Crippen LogP contribution in [0.25, 0.3) is 21.9 Å². The monoisotopic (exact) mass is 402 g/mol. The maximum absolute atomic E-state index is 14.3. The molecule has 1 N–H and O–H groups in total. The van der Waals surface area contributed by atoms with E-state index in [1.165, 1.54) is 6.39 Å². The van der Waals surface area contributed by atoms with Gasteiger partial charge in [0.25, 0.3) is 0 Å². The molecule has 1 saturated carbocycles. The first-order chi connectivity index (χ1) is 13.5. The summed E-state index contributed by atoms with van der Waals surface area (Å²) >= 11 is 1.11. The van der Waals surface area contributed by atoms with Crippen molar-refractivity contribution in [1.29, 1.82) is 0 Å². The quantitative estimate of drug-likeness (QED) is 0.637. The van der Waals surface area contributed by atoms with Gasteiger partial charge in [0.1, 0.15) is 27.9 Å². The zero-order valence-electron chi connectivity index (χ0n) is 15.2. The average Bonchev–Trinajstić information content (AvgIpc) is 3.34. The highest BCUT2D eigenvalue weighted by Crippen LogP contribution is 2.38. The lowest BCUT2D eigenvalue weighted by atomic mass is 9.95. The highest BCUT2D eigenvalue weighted by molar-refractivity contribution is 7.17. The number of carbonyl (C=O) groups is 1. The van der Waals surface area contributed by atoms with Crippen molar-refractivity contribution < 1.29 is 23.4 Å². The highest BCUT2D eigenvalue weighted by Gasteiger charge is 2.28. The molecule has 2 heterocycles. The van der Waals surface area contributed by atoms with E-state index in [0.717, 1.165) is 29.7 Å². The number of halogens is 1.